The van der Waals surface area contributed by atoms with Gasteiger partial charge in [0.05, 0.1) is 12.5 Å². The van der Waals surface area contributed by atoms with Crippen molar-refractivity contribution in [1.29, 1.82) is 0 Å². The number of hydrogen-bond donors (Lipinski definition) is 1. The Morgan fingerprint density at radius 1 is 1.55 bits per heavy atom. The highest BCUT2D eigenvalue weighted by Crippen LogP contribution is 2.09. The summed E-state index contributed by atoms with van der Waals surface area (Å²) in [6.45, 7) is 3.41. The summed E-state index contributed by atoms with van der Waals surface area (Å²) in [5.74, 6) is 0.0949. The van der Waals surface area contributed by atoms with Gasteiger partial charge in [-0.25, -0.2) is 0 Å². The van der Waals surface area contributed by atoms with Gasteiger partial charge in [0.1, 0.15) is 0 Å². The number of aliphatic hydroxyl groups excluding tert-OH is 1. The number of carbonyl (C=O) groups is 1. The van der Waals surface area contributed by atoms with E-state index in [2.05, 4.69) is 0 Å². The Morgan fingerprint density at radius 3 is 2.55 bits per heavy atom. The van der Waals surface area contributed by atoms with Crippen LogP contribution in [0.15, 0.2) is 0 Å². The van der Waals surface area contributed by atoms with Crippen molar-refractivity contribution in [2.45, 2.75) is 32.3 Å². The molecule has 1 aliphatic rings. The van der Waals surface area contributed by atoms with Gasteiger partial charge in [-0.15, -0.1) is 0 Å². The lowest BCUT2D eigenvalue weighted by Gasteiger charge is -2.15. The maximum atomic E-state index is 11.2. The molecule has 1 atom stereocenters. The minimum Gasteiger partial charge on any atom is -0.393 e. The number of nitrogens with zero attached hydrogens (tertiary/aromatic N) is 1. The molecule has 0 aromatic carbocycles. The van der Waals surface area contributed by atoms with Crippen LogP contribution in [0.1, 0.15) is 26.2 Å². The quantitative estimate of drug-likeness (QED) is 0.629. The third-order valence-corrected chi connectivity index (χ3v) is 1.93. The third kappa shape index (κ3) is 2.50. The summed E-state index contributed by atoms with van der Waals surface area (Å²) in [7, 11) is 0. The molecular formula is C8H15NO2. The summed E-state index contributed by atoms with van der Waals surface area (Å²) in [5.41, 5.74) is 0. The molecule has 1 aliphatic heterocycles. The fourth-order valence-corrected chi connectivity index (χ4v) is 1.35. The van der Waals surface area contributed by atoms with Crippen molar-refractivity contribution in [3.8, 4) is 0 Å². The molecule has 0 aromatic heterocycles. The number of carbonyl (C=O) groups excluding carboxylic acids is 1. The van der Waals surface area contributed by atoms with Crippen LogP contribution in [0.3, 0.4) is 0 Å². The Kier molecular flexibility index (Phi) is 2.88. The van der Waals surface area contributed by atoms with Crippen LogP contribution in [0.2, 0.25) is 0 Å². The second-order valence-corrected chi connectivity index (χ2v) is 3.14. The van der Waals surface area contributed by atoms with E-state index in [1.807, 2.05) is 4.90 Å². The molecule has 3 heteroatoms. The van der Waals surface area contributed by atoms with Gasteiger partial charge >= 0.3 is 0 Å². The van der Waals surface area contributed by atoms with Crippen LogP contribution >= 0.6 is 0 Å². The van der Waals surface area contributed by atoms with Gasteiger partial charge in [0.25, 0.3) is 0 Å². The zero-order valence-electron chi connectivity index (χ0n) is 6.92. The van der Waals surface area contributed by atoms with Crippen molar-refractivity contribution >= 4 is 5.91 Å². The Hall–Kier alpha value is -0.570. The van der Waals surface area contributed by atoms with Crippen molar-refractivity contribution < 1.29 is 9.90 Å². The van der Waals surface area contributed by atoms with E-state index >= 15 is 0 Å². The normalized spacial score (nSPS) is 20.4. The van der Waals surface area contributed by atoms with Crippen molar-refractivity contribution in [2.75, 3.05) is 13.1 Å². The molecule has 0 bridgehead atoms. The van der Waals surface area contributed by atoms with Gasteiger partial charge in [-0.05, 0) is 19.8 Å². The lowest BCUT2D eigenvalue weighted by Crippen LogP contribution is -2.29. The van der Waals surface area contributed by atoms with Gasteiger partial charge in [0.2, 0.25) is 5.91 Å². The number of hydrogen-bond acceptors (Lipinski definition) is 2. The Labute approximate surface area is 67.0 Å². The lowest BCUT2D eigenvalue weighted by molar-refractivity contribution is -0.131. The highest BCUT2D eigenvalue weighted by atomic mass is 16.3. The van der Waals surface area contributed by atoms with Crippen LogP contribution in [-0.4, -0.2) is 35.1 Å². The summed E-state index contributed by atoms with van der Waals surface area (Å²) in [6, 6.07) is 0. The first-order valence-corrected chi connectivity index (χ1v) is 4.16. The zero-order valence-corrected chi connectivity index (χ0v) is 6.92. The zero-order chi connectivity index (χ0) is 8.27. The topological polar surface area (TPSA) is 40.5 Å². The first kappa shape index (κ1) is 8.53. The van der Waals surface area contributed by atoms with Crippen molar-refractivity contribution in [3.05, 3.63) is 0 Å². The molecule has 0 spiro atoms. The second kappa shape index (κ2) is 3.72. The lowest BCUT2D eigenvalue weighted by atomic mass is 10.2. The van der Waals surface area contributed by atoms with Gasteiger partial charge < -0.3 is 10.0 Å². The van der Waals surface area contributed by atoms with Crippen LogP contribution in [0.5, 0.6) is 0 Å². The van der Waals surface area contributed by atoms with Crippen molar-refractivity contribution in [2.24, 2.45) is 0 Å². The highest BCUT2D eigenvalue weighted by molar-refractivity contribution is 5.76. The third-order valence-electron chi connectivity index (χ3n) is 1.93. The monoisotopic (exact) mass is 157 g/mol. The van der Waals surface area contributed by atoms with Crippen LogP contribution in [-0.2, 0) is 4.79 Å². The maximum Gasteiger partial charge on any atom is 0.225 e. The molecule has 1 fully saturated rings. The predicted octanol–water partition coefficient (Wildman–Crippen LogP) is 0.380. The van der Waals surface area contributed by atoms with Crippen LogP contribution in [0, 0.1) is 0 Å². The summed E-state index contributed by atoms with van der Waals surface area (Å²) in [5, 5.41) is 8.94. The van der Waals surface area contributed by atoms with Crippen LogP contribution in [0.4, 0.5) is 0 Å². The van der Waals surface area contributed by atoms with Gasteiger partial charge in [0, 0.05) is 13.1 Å². The predicted molar refractivity (Wildman–Crippen MR) is 42.1 cm³/mol. The molecule has 64 valence electrons. The molecule has 0 unspecified atom stereocenters. The second-order valence-electron chi connectivity index (χ2n) is 3.14. The fourth-order valence-electron chi connectivity index (χ4n) is 1.35. The number of amides is 1. The molecule has 11 heavy (non-hydrogen) atoms. The largest absolute Gasteiger partial charge is 0.393 e. The standard InChI is InChI=1S/C8H15NO2/c1-7(10)6-8(11)9-4-2-3-5-9/h7,10H,2-6H2,1H3/t7-/m1/s1. The minimum atomic E-state index is -0.497. The van der Waals surface area contributed by atoms with E-state index < -0.39 is 6.10 Å². The molecule has 0 aliphatic carbocycles. The van der Waals surface area contributed by atoms with Gasteiger partial charge in [0.15, 0.2) is 0 Å². The molecule has 3 nitrogen and oxygen atoms in total. The van der Waals surface area contributed by atoms with E-state index in [1.54, 1.807) is 6.92 Å². The minimum absolute atomic E-state index is 0.0949. The van der Waals surface area contributed by atoms with Gasteiger partial charge in [-0.1, -0.05) is 0 Å². The molecule has 1 saturated heterocycles. The van der Waals surface area contributed by atoms with E-state index in [9.17, 15) is 4.79 Å². The van der Waals surface area contributed by atoms with E-state index in [1.165, 1.54) is 0 Å². The number of likely N-dealkylation sites (tertiary alicyclic amines) is 1. The summed E-state index contributed by atoms with van der Waals surface area (Å²) < 4.78 is 0. The van der Waals surface area contributed by atoms with Crippen LogP contribution in [0.25, 0.3) is 0 Å². The highest BCUT2D eigenvalue weighted by Gasteiger charge is 2.18. The maximum absolute atomic E-state index is 11.2. The molecule has 1 N–H and O–H groups in total. The van der Waals surface area contributed by atoms with E-state index in [4.69, 9.17) is 5.11 Å². The molecule has 1 heterocycles. The summed E-state index contributed by atoms with van der Waals surface area (Å²) in [4.78, 5) is 13.0. The molecule has 1 amide bonds. The molecular weight excluding hydrogens is 142 g/mol. The fraction of sp³-hybridized carbons (Fsp3) is 0.875. The number of aliphatic hydroxyl groups is 1. The van der Waals surface area contributed by atoms with Crippen LogP contribution < -0.4 is 0 Å². The SMILES string of the molecule is C[C@@H](O)CC(=O)N1CCCC1. The van der Waals surface area contributed by atoms with Gasteiger partial charge in [-0.2, -0.15) is 0 Å². The van der Waals surface area contributed by atoms with E-state index in [0.29, 0.717) is 0 Å². The average molecular weight is 157 g/mol. The Bertz CT molecular complexity index is 139. The first-order chi connectivity index (χ1) is 5.20. The smallest absolute Gasteiger partial charge is 0.225 e. The molecule has 1 rings (SSSR count). The van der Waals surface area contributed by atoms with Gasteiger partial charge in [-0.3, -0.25) is 4.79 Å². The molecule has 0 saturated carbocycles. The Balaban J connectivity index is 2.28. The van der Waals surface area contributed by atoms with E-state index in [0.717, 1.165) is 25.9 Å². The first-order valence-electron chi connectivity index (χ1n) is 4.16. The average Bonchev–Trinajstić information content (AvgIpc) is 2.35. The van der Waals surface area contributed by atoms with Crippen molar-refractivity contribution in [3.63, 3.8) is 0 Å². The summed E-state index contributed by atoms with van der Waals surface area (Å²) in [6.07, 6.45) is 2.01. The van der Waals surface area contributed by atoms with E-state index in [-0.39, 0.29) is 12.3 Å². The van der Waals surface area contributed by atoms with Crippen molar-refractivity contribution in [1.82, 2.24) is 4.90 Å². The molecule has 0 aromatic rings. The molecule has 0 radical (unpaired) electrons. The Morgan fingerprint density at radius 2 is 2.09 bits per heavy atom. The summed E-state index contributed by atoms with van der Waals surface area (Å²) >= 11 is 0. The number of rotatable bonds is 2.